The summed E-state index contributed by atoms with van der Waals surface area (Å²) in [5.74, 6) is 0. The van der Waals surface area contributed by atoms with Gasteiger partial charge < -0.3 is 0 Å². The van der Waals surface area contributed by atoms with Crippen LogP contribution < -0.4 is 0 Å². The van der Waals surface area contributed by atoms with Crippen LogP contribution in [0.1, 0.15) is 26.2 Å². The standard InChI is InChI=1S/C13H18S/c1-3-4-6-9-12(2)14-13-10-7-5-8-11-13/h3,5,7-8,10-12H,1,4,6,9H2,2H3. The monoisotopic (exact) mass is 206 g/mol. The van der Waals surface area contributed by atoms with Gasteiger partial charge in [-0.05, 0) is 31.4 Å². The fourth-order valence-electron chi connectivity index (χ4n) is 1.34. The van der Waals surface area contributed by atoms with Crippen LogP contribution in [0.3, 0.4) is 0 Å². The molecule has 1 atom stereocenters. The lowest BCUT2D eigenvalue weighted by atomic mass is 10.2. The van der Waals surface area contributed by atoms with Gasteiger partial charge in [-0.2, -0.15) is 0 Å². The Kier molecular flexibility index (Phi) is 5.46. The van der Waals surface area contributed by atoms with E-state index < -0.39 is 0 Å². The van der Waals surface area contributed by atoms with E-state index in [1.807, 2.05) is 17.8 Å². The van der Waals surface area contributed by atoms with Gasteiger partial charge >= 0.3 is 0 Å². The normalized spacial score (nSPS) is 12.4. The third kappa shape index (κ3) is 4.52. The Morgan fingerprint density at radius 1 is 1.36 bits per heavy atom. The lowest BCUT2D eigenvalue weighted by Gasteiger charge is -2.09. The van der Waals surface area contributed by atoms with E-state index in [-0.39, 0.29) is 0 Å². The van der Waals surface area contributed by atoms with Gasteiger partial charge in [-0.25, -0.2) is 0 Å². The lowest BCUT2D eigenvalue weighted by Crippen LogP contribution is -1.94. The Hall–Kier alpha value is -0.690. The number of hydrogen-bond donors (Lipinski definition) is 0. The quantitative estimate of drug-likeness (QED) is 0.374. The van der Waals surface area contributed by atoms with E-state index in [0.29, 0.717) is 5.25 Å². The summed E-state index contributed by atoms with van der Waals surface area (Å²) in [5, 5.41) is 0.706. The summed E-state index contributed by atoms with van der Waals surface area (Å²) in [7, 11) is 0. The van der Waals surface area contributed by atoms with E-state index in [1.165, 1.54) is 17.7 Å². The van der Waals surface area contributed by atoms with Crippen LogP contribution in [0.2, 0.25) is 0 Å². The zero-order valence-corrected chi connectivity index (χ0v) is 9.59. The second-order valence-corrected chi connectivity index (χ2v) is 4.97. The number of rotatable bonds is 6. The van der Waals surface area contributed by atoms with Crippen molar-refractivity contribution in [3.8, 4) is 0 Å². The molecule has 76 valence electrons. The Morgan fingerprint density at radius 2 is 2.07 bits per heavy atom. The van der Waals surface area contributed by atoms with Gasteiger partial charge in [0.05, 0.1) is 0 Å². The van der Waals surface area contributed by atoms with Crippen LogP contribution in [-0.2, 0) is 0 Å². The lowest BCUT2D eigenvalue weighted by molar-refractivity contribution is 0.742. The molecule has 0 amide bonds. The van der Waals surface area contributed by atoms with Gasteiger partial charge in [0, 0.05) is 10.1 Å². The Bertz CT molecular complexity index is 253. The first-order valence-corrected chi connectivity index (χ1v) is 6.03. The fraction of sp³-hybridized carbons (Fsp3) is 0.385. The van der Waals surface area contributed by atoms with Crippen LogP contribution in [0.15, 0.2) is 47.9 Å². The van der Waals surface area contributed by atoms with Crippen LogP contribution in [0.4, 0.5) is 0 Å². The highest BCUT2D eigenvalue weighted by atomic mass is 32.2. The van der Waals surface area contributed by atoms with Gasteiger partial charge in [0.1, 0.15) is 0 Å². The molecule has 0 aliphatic heterocycles. The van der Waals surface area contributed by atoms with Gasteiger partial charge in [0.2, 0.25) is 0 Å². The molecule has 1 rings (SSSR count). The van der Waals surface area contributed by atoms with Gasteiger partial charge in [-0.15, -0.1) is 18.3 Å². The third-order valence-electron chi connectivity index (χ3n) is 2.10. The molecule has 0 bridgehead atoms. The van der Waals surface area contributed by atoms with Crippen LogP contribution in [0.5, 0.6) is 0 Å². The Labute approximate surface area is 91.4 Å². The topological polar surface area (TPSA) is 0 Å². The van der Waals surface area contributed by atoms with E-state index in [4.69, 9.17) is 0 Å². The first kappa shape index (κ1) is 11.4. The molecule has 0 nitrogen and oxygen atoms in total. The molecule has 1 heteroatoms. The summed E-state index contributed by atoms with van der Waals surface area (Å²) >= 11 is 1.96. The number of thioether (sulfide) groups is 1. The molecule has 0 N–H and O–H groups in total. The maximum absolute atomic E-state index is 3.73. The molecule has 0 saturated heterocycles. The molecular weight excluding hydrogens is 188 g/mol. The van der Waals surface area contributed by atoms with E-state index in [2.05, 4.69) is 43.8 Å². The molecule has 1 aromatic carbocycles. The summed E-state index contributed by atoms with van der Waals surface area (Å²) < 4.78 is 0. The molecular formula is C13H18S. The first-order valence-electron chi connectivity index (χ1n) is 5.15. The highest BCUT2D eigenvalue weighted by Crippen LogP contribution is 2.25. The van der Waals surface area contributed by atoms with Crippen LogP contribution in [0.25, 0.3) is 0 Å². The van der Waals surface area contributed by atoms with Crippen LogP contribution in [0, 0.1) is 0 Å². The molecule has 0 saturated carbocycles. The van der Waals surface area contributed by atoms with E-state index >= 15 is 0 Å². The number of benzene rings is 1. The average molecular weight is 206 g/mol. The minimum absolute atomic E-state index is 0.706. The zero-order valence-electron chi connectivity index (χ0n) is 8.78. The van der Waals surface area contributed by atoms with Crippen LogP contribution >= 0.6 is 11.8 Å². The fourth-order valence-corrected chi connectivity index (χ4v) is 2.40. The largest absolute Gasteiger partial charge is 0.123 e. The maximum Gasteiger partial charge on any atom is 0.00746 e. The second kappa shape index (κ2) is 6.72. The van der Waals surface area contributed by atoms with Crippen molar-refractivity contribution < 1.29 is 0 Å². The Balaban J connectivity index is 2.26. The third-order valence-corrected chi connectivity index (χ3v) is 3.28. The van der Waals surface area contributed by atoms with Crippen LogP contribution in [-0.4, -0.2) is 5.25 Å². The minimum Gasteiger partial charge on any atom is -0.123 e. The molecule has 1 aromatic rings. The second-order valence-electron chi connectivity index (χ2n) is 3.46. The van der Waals surface area contributed by atoms with E-state index in [1.54, 1.807) is 0 Å². The van der Waals surface area contributed by atoms with Gasteiger partial charge in [-0.1, -0.05) is 31.2 Å². The average Bonchev–Trinajstić information content (AvgIpc) is 2.20. The van der Waals surface area contributed by atoms with Crippen molar-refractivity contribution in [2.75, 3.05) is 0 Å². The molecule has 0 fully saturated rings. The summed E-state index contributed by atoms with van der Waals surface area (Å²) in [6, 6.07) is 10.6. The maximum atomic E-state index is 3.73. The van der Waals surface area contributed by atoms with Gasteiger partial charge in [0.25, 0.3) is 0 Å². The molecule has 0 aliphatic carbocycles. The SMILES string of the molecule is C=CCCCC(C)Sc1ccccc1. The predicted molar refractivity (Wildman–Crippen MR) is 65.8 cm³/mol. The van der Waals surface area contributed by atoms with Crippen molar-refractivity contribution in [3.63, 3.8) is 0 Å². The molecule has 0 spiro atoms. The number of hydrogen-bond acceptors (Lipinski definition) is 1. The first-order chi connectivity index (χ1) is 6.83. The predicted octanol–water partition coefficient (Wildman–Crippen LogP) is 4.52. The smallest absolute Gasteiger partial charge is 0.00746 e. The van der Waals surface area contributed by atoms with Gasteiger partial charge in [0.15, 0.2) is 0 Å². The van der Waals surface area contributed by atoms with Gasteiger partial charge in [-0.3, -0.25) is 0 Å². The molecule has 0 radical (unpaired) electrons. The summed E-state index contributed by atoms with van der Waals surface area (Å²) in [4.78, 5) is 1.37. The summed E-state index contributed by atoms with van der Waals surface area (Å²) in [6.07, 6.45) is 5.66. The van der Waals surface area contributed by atoms with Crippen molar-refractivity contribution in [3.05, 3.63) is 43.0 Å². The van der Waals surface area contributed by atoms with Crippen molar-refractivity contribution >= 4 is 11.8 Å². The van der Waals surface area contributed by atoms with E-state index in [9.17, 15) is 0 Å². The highest BCUT2D eigenvalue weighted by molar-refractivity contribution is 7.99. The molecule has 0 aromatic heterocycles. The number of unbranched alkanes of at least 4 members (excludes halogenated alkanes) is 1. The molecule has 0 aliphatic rings. The van der Waals surface area contributed by atoms with Crippen molar-refractivity contribution in [2.45, 2.75) is 36.3 Å². The number of allylic oxidation sites excluding steroid dienone is 1. The highest BCUT2D eigenvalue weighted by Gasteiger charge is 2.02. The molecule has 0 heterocycles. The summed E-state index contributed by atoms with van der Waals surface area (Å²) in [6.45, 7) is 6.03. The van der Waals surface area contributed by atoms with Crippen molar-refractivity contribution in [2.24, 2.45) is 0 Å². The van der Waals surface area contributed by atoms with Crippen molar-refractivity contribution in [1.29, 1.82) is 0 Å². The van der Waals surface area contributed by atoms with E-state index in [0.717, 1.165) is 6.42 Å². The molecule has 14 heavy (non-hydrogen) atoms. The zero-order chi connectivity index (χ0) is 10.2. The Morgan fingerprint density at radius 3 is 2.71 bits per heavy atom. The minimum atomic E-state index is 0.706. The molecule has 1 unspecified atom stereocenters. The van der Waals surface area contributed by atoms with Crippen molar-refractivity contribution in [1.82, 2.24) is 0 Å². The summed E-state index contributed by atoms with van der Waals surface area (Å²) in [5.41, 5.74) is 0.